The molecule has 1 aliphatic rings. The first-order valence-corrected chi connectivity index (χ1v) is 15.0. The molecule has 0 aromatic heterocycles. The highest BCUT2D eigenvalue weighted by Crippen LogP contribution is 2.30. The van der Waals surface area contributed by atoms with E-state index in [1.165, 1.54) is 17.0 Å². The summed E-state index contributed by atoms with van der Waals surface area (Å²) in [7, 11) is -4.15. The number of benzene rings is 3. The fourth-order valence-electron chi connectivity index (χ4n) is 4.75. The second-order valence-corrected chi connectivity index (χ2v) is 12.2. The highest BCUT2D eigenvalue weighted by atomic mass is 35.5. The van der Waals surface area contributed by atoms with Crippen LogP contribution in [-0.4, -0.2) is 43.8 Å². The Morgan fingerprint density at radius 3 is 2.21 bits per heavy atom. The van der Waals surface area contributed by atoms with Crippen molar-refractivity contribution in [3.8, 4) is 0 Å². The monoisotopic (exact) mass is 567 g/mol. The van der Waals surface area contributed by atoms with Crippen LogP contribution in [0.5, 0.6) is 0 Å². The lowest BCUT2D eigenvalue weighted by Crippen LogP contribution is -2.52. The molecule has 3 aromatic carbocycles. The van der Waals surface area contributed by atoms with Gasteiger partial charge in [0.25, 0.3) is 10.0 Å². The van der Waals surface area contributed by atoms with E-state index in [2.05, 4.69) is 5.32 Å². The van der Waals surface area contributed by atoms with E-state index in [0.29, 0.717) is 0 Å². The zero-order chi connectivity index (χ0) is 28.0. The van der Waals surface area contributed by atoms with Gasteiger partial charge in [-0.2, -0.15) is 0 Å². The Bertz CT molecular complexity index is 1390. The van der Waals surface area contributed by atoms with Gasteiger partial charge in [0.15, 0.2) is 0 Å². The van der Waals surface area contributed by atoms with Gasteiger partial charge in [-0.3, -0.25) is 13.9 Å². The summed E-state index contributed by atoms with van der Waals surface area (Å²) in [4.78, 5) is 28.7. The summed E-state index contributed by atoms with van der Waals surface area (Å²) in [6.45, 7) is 3.29. The predicted molar refractivity (Wildman–Crippen MR) is 154 cm³/mol. The Morgan fingerprint density at radius 1 is 0.949 bits per heavy atom. The van der Waals surface area contributed by atoms with Crippen molar-refractivity contribution in [3.63, 3.8) is 0 Å². The first-order valence-electron chi connectivity index (χ1n) is 13.1. The molecule has 4 rings (SSSR count). The van der Waals surface area contributed by atoms with Crippen molar-refractivity contribution in [1.29, 1.82) is 0 Å². The van der Waals surface area contributed by atoms with Gasteiger partial charge < -0.3 is 10.2 Å². The van der Waals surface area contributed by atoms with Gasteiger partial charge in [0, 0.05) is 12.6 Å². The number of amides is 2. The molecule has 2 amide bonds. The van der Waals surface area contributed by atoms with Crippen LogP contribution in [-0.2, 0) is 26.2 Å². The number of para-hydroxylation sites is 1. The Kier molecular flexibility index (Phi) is 9.30. The number of rotatable bonds is 10. The van der Waals surface area contributed by atoms with Gasteiger partial charge in [-0.1, -0.05) is 84.6 Å². The fraction of sp³-hybridized carbons (Fsp3) is 0.333. The first kappa shape index (κ1) is 28.6. The van der Waals surface area contributed by atoms with Crippen molar-refractivity contribution in [2.75, 3.05) is 10.8 Å². The maximum atomic E-state index is 14.0. The molecule has 0 unspecified atom stereocenters. The van der Waals surface area contributed by atoms with E-state index in [1.54, 1.807) is 49.4 Å². The molecule has 0 saturated heterocycles. The van der Waals surface area contributed by atoms with Crippen molar-refractivity contribution in [1.82, 2.24) is 10.2 Å². The molecule has 0 heterocycles. The van der Waals surface area contributed by atoms with Gasteiger partial charge in [0.05, 0.1) is 15.6 Å². The molecular weight excluding hydrogens is 534 g/mol. The number of carbonyl (C=O) groups is 2. The van der Waals surface area contributed by atoms with Crippen LogP contribution in [0.25, 0.3) is 0 Å². The van der Waals surface area contributed by atoms with E-state index in [-0.39, 0.29) is 34.1 Å². The fourth-order valence-corrected chi connectivity index (χ4v) is 6.49. The van der Waals surface area contributed by atoms with Crippen molar-refractivity contribution in [3.05, 3.63) is 95.0 Å². The van der Waals surface area contributed by atoms with Crippen LogP contribution < -0.4 is 9.62 Å². The van der Waals surface area contributed by atoms with Gasteiger partial charge in [-0.15, -0.1) is 0 Å². The van der Waals surface area contributed by atoms with Crippen molar-refractivity contribution in [2.45, 2.75) is 63.1 Å². The second-order valence-electron chi connectivity index (χ2n) is 9.95. The van der Waals surface area contributed by atoms with Crippen LogP contribution in [0.1, 0.15) is 43.7 Å². The minimum Gasteiger partial charge on any atom is -0.352 e. The lowest BCUT2D eigenvalue weighted by Gasteiger charge is -2.32. The molecule has 1 saturated carbocycles. The van der Waals surface area contributed by atoms with Crippen molar-refractivity contribution >= 4 is 39.1 Å². The first-order chi connectivity index (χ1) is 18.7. The molecule has 0 aliphatic heterocycles. The van der Waals surface area contributed by atoms with Crippen LogP contribution in [0.3, 0.4) is 0 Å². The predicted octanol–water partition coefficient (Wildman–Crippen LogP) is 5.32. The molecule has 1 fully saturated rings. The number of nitrogens with zero attached hydrogens (tertiary/aromatic N) is 2. The number of hydrogen-bond acceptors (Lipinski definition) is 4. The molecular formula is C30H34ClN3O4S. The van der Waals surface area contributed by atoms with E-state index < -0.39 is 28.5 Å². The lowest BCUT2D eigenvalue weighted by molar-refractivity contribution is -0.139. The van der Waals surface area contributed by atoms with Gasteiger partial charge in [-0.25, -0.2) is 8.42 Å². The van der Waals surface area contributed by atoms with Gasteiger partial charge in [-0.05, 0) is 56.5 Å². The van der Waals surface area contributed by atoms with Crippen LogP contribution in [0.15, 0.2) is 83.8 Å². The Morgan fingerprint density at radius 2 is 1.56 bits per heavy atom. The summed E-state index contributed by atoms with van der Waals surface area (Å²) < 4.78 is 28.6. The molecule has 3 aromatic rings. The molecule has 0 bridgehead atoms. The van der Waals surface area contributed by atoms with Crippen LogP contribution >= 0.6 is 11.6 Å². The van der Waals surface area contributed by atoms with Crippen LogP contribution in [0.4, 0.5) is 5.69 Å². The summed E-state index contributed by atoms with van der Waals surface area (Å²) in [5, 5.41) is 3.27. The Labute approximate surface area is 235 Å². The number of carbonyl (C=O) groups excluding carboxylic acids is 2. The highest BCUT2D eigenvalue weighted by Gasteiger charge is 2.34. The third kappa shape index (κ3) is 6.99. The third-order valence-electron chi connectivity index (χ3n) is 7.07. The summed E-state index contributed by atoms with van der Waals surface area (Å²) >= 11 is 6.43. The summed E-state index contributed by atoms with van der Waals surface area (Å²) in [5.74, 6) is -0.762. The van der Waals surface area contributed by atoms with E-state index >= 15 is 0 Å². The molecule has 0 radical (unpaired) electrons. The van der Waals surface area contributed by atoms with E-state index in [4.69, 9.17) is 11.6 Å². The largest absolute Gasteiger partial charge is 0.352 e. The summed E-state index contributed by atoms with van der Waals surface area (Å²) in [6.07, 6.45) is 3.96. The second kappa shape index (κ2) is 12.7. The van der Waals surface area contributed by atoms with Crippen molar-refractivity contribution < 1.29 is 18.0 Å². The van der Waals surface area contributed by atoms with Crippen LogP contribution in [0, 0.1) is 6.92 Å². The highest BCUT2D eigenvalue weighted by molar-refractivity contribution is 7.92. The standard InChI is InChI=1S/C30H34ClN3O4S/c1-22-16-18-24(19-17-22)20-33(23(2)30(36)32-25-10-6-7-11-25)29(35)21-34(28-15-9-8-14-27(28)31)39(37,38)26-12-4-3-5-13-26/h3-5,8-9,12-19,23,25H,6-7,10-11,20-21H2,1-2H3,(H,32,36)/t23-/m1/s1. The molecule has 39 heavy (non-hydrogen) atoms. The van der Waals surface area contributed by atoms with E-state index in [9.17, 15) is 18.0 Å². The molecule has 7 nitrogen and oxygen atoms in total. The topological polar surface area (TPSA) is 86.8 Å². The van der Waals surface area contributed by atoms with E-state index in [0.717, 1.165) is 41.1 Å². The van der Waals surface area contributed by atoms with Crippen LogP contribution in [0.2, 0.25) is 5.02 Å². The Balaban J connectivity index is 1.68. The molecule has 9 heteroatoms. The number of hydrogen-bond donors (Lipinski definition) is 1. The number of nitrogens with one attached hydrogen (secondary N) is 1. The minimum absolute atomic E-state index is 0.0369. The average Bonchev–Trinajstić information content (AvgIpc) is 3.45. The zero-order valence-electron chi connectivity index (χ0n) is 22.2. The zero-order valence-corrected chi connectivity index (χ0v) is 23.8. The minimum atomic E-state index is -4.15. The van der Waals surface area contributed by atoms with Gasteiger partial charge in [0.2, 0.25) is 11.8 Å². The number of sulfonamides is 1. The average molecular weight is 568 g/mol. The normalized spacial score (nSPS) is 14.5. The third-order valence-corrected chi connectivity index (χ3v) is 9.17. The van der Waals surface area contributed by atoms with E-state index in [1.807, 2.05) is 31.2 Å². The number of anilines is 1. The number of halogens is 1. The summed E-state index contributed by atoms with van der Waals surface area (Å²) in [5.41, 5.74) is 2.10. The maximum Gasteiger partial charge on any atom is 0.264 e. The molecule has 0 spiro atoms. The smallest absolute Gasteiger partial charge is 0.264 e. The van der Waals surface area contributed by atoms with Gasteiger partial charge in [0.1, 0.15) is 12.6 Å². The van der Waals surface area contributed by atoms with Crippen molar-refractivity contribution in [2.24, 2.45) is 0 Å². The molecule has 1 aliphatic carbocycles. The number of aryl methyl sites for hydroxylation is 1. The quantitative estimate of drug-likeness (QED) is 0.359. The Hall–Kier alpha value is -3.36. The lowest BCUT2D eigenvalue weighted by atomic mass is 10.1. The molecule has 1 atom stereocenters. The molecule has 206 valence electrons. The summed E-state index contributed by atoms with van der Waals surface area (Å²) in [6, 6.07) is 21.4. The van der Waals surface area contributed by atoms with Gasteiger partial charge >= 0.3 is 0 Å². The molecule has 1 N–H and O–H groups in total. The SMILES string of the molecule is Cc1ccc(CN(C(=O)CN(c2ccccc2Cl)S(=O)(=O)c2ccccc2)[C@H](C)C(=O)NC2CCCC2)cc1. The maximum absolute atomic E-state index is 14.0.